The summed E-state index contributed by atoms with van der Waals surface area (Å²) in [6.45, 7) is 3.92. The normalized spacial score (nSPS) is 10.6. The first-order valence-corrected chi connectivity index (χ1v) is 8.32. The largest absolute Gasteiger partial charge is 0.320 e. The molecule has 3 rings (SSSR count). The molecule has 1 heterocycles. The Morgan fingerprint density at radius 2 is 1.83 bits per heavy atom. The van der Waals surface area contributed by atoms with Crippen molar-refractivity contribution in [3.05, 3.63) is 75.1 Å². The summed E-state index contributed by atoms with van der Waals surface area (Å²) in [5, 5.41) is 7.35. The molecule has 1 N–H and O–H groups in total. The summed E-state index contributed by atoms with van der Waals surface area (Å²) in [5.74, 6) is -0.202. The molecule has 0 unspecified atom stereocenters. The van der Waals surface area contributed by atoms with E-state index in [0.29, 0.717) is 5.69 Å². The van der Waals surface area contributed by atoms with Crippen molar-refractivity contribution in [1.29, 1.82) is 0 Å². The van der Waals surface area contributed by atoms with Crippen molar-refractivity contribution in [2.75, 3.05) is 5.32 Å². The number of para-hydroxylation sites is 1. The van der Waals surface area contributed by atoms with Crippen LogP contribution in [0.25, 0.3) is 5.69 Å². The second-order valence-electron chi connectivity index (χ2n) is 5.33. The number of rotatable bonds is 3. The summed E-state index contributed by atoms with van der Waals surface area (Å²) >= 11 is 2.25. The van der Waals surface area contributed by atoms with Crippen molar-refractivity contribution in [3.8, 4) is 5.69 Å². The van der Waals surface area contributed by atoms with Gasteiger partial charge >= 0.3 is 0 Å². The lowest BCUT2D eigenvalue weighted by molar-refractivity contribution is 0.102. The van der Waals surface area contributed by atoms with Gasteiger partial charge in [-0.15, -0.1) is 0 Å². The van der Waals surface area contributed by atoms with E-state index in [0.717, 1.165) is 26.2 Å². The van der Waals surface area contributed by atoms with E-state index in [-0.39, 0.29) is 5.91 Å². The van der Waals surface area contributed by atoms with Gasteiger partial charge in [0.15, 0.2) is 5.69 Å². The zero-order chi connectivity index (χ0) is 16.4. The molecule has 1 aromatic heterocycles. The maximum Gasteiger partial charge on any atom is 0.276 e. The second kappa shape index (κ2) is 6.54. The van der Waals surface area contributed by atoms with Crippen LogP contribution in [-0.4, -0.2) is 15.7 Å². The molecule has 0 saturated carbocycles. The van der Waals surface area contributed by atoms with Crippen LogP contribution < -0.4 is 5.32 Å². The van der Waals surface area contributed by atoms with Crippen LogP contribution in [0.4, 0.5) is 5.69 Å². The van der Waals surface area contributed by atoms with E-state index >= 15 is 0 Å². The summed E-state index contributed by atoms with van der Waals surface area (Å²) in [6.07, 6.45) is 0. The van der Waals surface area contributed by atoms with Gasteiger partial charge in [0.25, 0.3) is 5.91 Å². The number of hydrogen-bond donors (Lipinski definition) is 1. The fourth-order valence-corrected chi connectivity index (χ4v) is 3.02. The average Bonchev–Trinajstić information content (AvgIpc) is 2.93. The van der Waals surface area contributed by atoms with Crippen molar-refractivity contribution in [3.63, 3.8) is 0 Å². The highest BCUT2D eigenvalue weighted by molar-refractivity contribution is 14.1. The number of amides is 1. The number of benzene rings is 2. The van der Waals surface area contributed by atoms with Gasteiger partial charge in [-0.3, -0.25) is 4.79 Å². The van der Waals surface area contributed by atoms with Crippen LogP contribution in [0.5, 0.6) is 0 Å². The van der Waals surface area contributed by atoms with Crippen LogP contribution in [0.3, 0.4) is 0 Å². The van der Waals surface area contributed by atoms with Crippen molar-refractivity contribution in [2.45, 2.75) is 13.8 Å². The van der Waals surface area contributed by atoms with E-state index in [1.807, 2.05) is 62.4 Å². The molecule has 0 aliphatic heterocycles. The first-order valence-electron chi connectivity index (χ1n) is 7.24. The summed E-state index contributed by atoms with van der Waals surface area (Å²) in [6, 6.07) is 17.5. The number of carbonyl (C=O) groups is 1. The Morgan fingerprint density at radius 1 is 1.09 bits per heavy atom. The topological polar surface area (TPSA) is 46.9 Å². The maximum atomic E-state index is 12.5. The molecule has 0 spiro atoms. The number of aryl methyl sites for hydroxylation is 2. The van der Waals surface area contributed by atoms with Gasteiger partial charge in [-0.2, -0.15) is 5.10 Å². The van der Waals surface area contributed by atoms with Gasteiger partial charge in [0.1, 0.15) is 0 Å². The van der Waals surface area contributed by atoms with Crippen LogP contribution in [0, 0.1) is 17.4 Å². The van der Waals surface area contributed by atoms with Gasteiger partial charge in [0.05, 0.1) is 5.69 Å². The van der Waals surface area contributed by atoms with Gasteiger partial charge in [0.2, 0.25) is 0 Å². The molecule has 3 aromatic rings. The van der Waals surface area contributed by atoms with Gasteiger partial charge in [-0.1, -0.05) is 18.2 Å². The van der Waals surface area contributed by atoms with Crippen molar-refractivity contribution in [1.82, 2.24) is 9.78 Å². The molecule has 0 atom stereocenters. The molecule has 2 aromatic carbocycles. The van der Waals surface area contributed by atoms with E-state index < -0.39 is 0 Å². The minimum Gasteiger partial charge on any atom is -0.320 e. The molecule has 1 amide bonds. The Kier molecular flexibility index (Phi) is 4.47. The van der Waals surface area contributed by atoms with Gasteiger partial charge in [-0.25, -0.2) is 4.68 Å². The predicted molar refractivity (Wildman–Crippen MR) is 100 cm³/mol. The molecule has 5 heteroatoms. The van der Waals surface area contributed by atoms with Gasteiger partial charge in [0, 0.05) is 15.0 Å². The van der Waals surface area contributed by atoms with Crippen LogP contribution in [0.1, 0.15) is 21.7 Å². The average molecular weight is 417 g/mol. The minimum absolute atomic E-state index is 0.202. The third-order valence-corrected chi connectivity index (χ3v) is 4.23. The van der Waals surface area contributed by atoms with Crippen molar-refractivity contribution < 1.29 is 4.79 Å². The lowest BCUT2D eigenvalue weighted by Crippen LogP contribution is -2.14. The Balaban J connectivity index is 1.86. The Bertz CT molecular complexity index is 856. The quantitative estimate of drug-likeness (QED) is 0.645. The zero-order valence-corrected chi connectivity index (χ0v) is 15.0. The molecule has 116 valence electrons. The van der Waals surface area contributed by atoms with Gasteiger partial charge in [-0.05, 0) is 78.4 Å². The van der Waals surface area contributed by atoms with Crippen LogP contribution in [-0.2, 0) is 0 Å². The lowest BCUT2D eigenvalue weighted by atomic mass is 10.2. The maximum absolute atomic E-state index is 12.5. The van der Waals surface area contributed by atoms with Gasteiger partial charge < -0.3 is 5.32 Å². The Morgan fingerprint density at radius 3 is 2.52 bits per heavy atom. The van der Waals surface area contributed by atoms with E-state index in [1.54, 1.807) is 10.7 Å². The number of nitrogens with zero attached hydrogens (tertiary/aromatic N) is 2. The molecule has 0 fully saturated rings. The van der Waals surface area contributed by atoms with Crippen molar-refractivity contribution in [2.24, 2.45) is 0 Å². The first-order chi connectivity index (χ1) is 11.0. The molecule has 23 heavy (non-hydrogen) atoms. The summed E-state index contributed by atoms with van der Waals surface area (Å²) in [7, 11) is 0. The number of anilines is 1. The summed E-state index contributed by atoms with van der Waals surface area (Å²) in [5.41, 5.74) is 4.10. The molecule has 0 bridgehead atoms. The van der Waals surface area contributed by atoms with E-state index in [9.17, 15) is 4.79 Å². The molecular weight excluding hydrogens is 401 g/mol. The smallest absolute Gasteiger partial charge is 0.276 e. The SMILES string of the molecule is Cc1cc(I)ccc1NC(=O)c1cc(C)n(-c2ccccc2)n1. The second-order valence-corrected chi connectivity index (χ2v) is 6.58. The van der Waals surface area contributed by atoms with E-state index in [1.165, 1.54) is 0 Å². The van der Waals surface area contributed by atoms with Crippen molar-refractivity contribution >= 4 is 34.2 Å². The molecule has 0 saturated heterocycles. The molecule has 0 aliphatic carbocycles. The summed E-state index contributed by atoms with van der Waals surface area (Å²) < 4.78 is 2.91. The number of hydrogen-bond acceptors (Lipinski definition) is 2. The molecule has 0 aliphatic rings. The van der Waals surface area contributed by atoms with E-state index in [2.05, 4.69) is 33.0 Å². The highest BCUT2D eigenvalue weighted by Gasteiger charge is 2.14. The Hall–Kier alpha value is -2.15. The van der Waals surface area contributed by atoms with Crippen LogP contribution >= 0.6 is 22.6 Å². The number of nitrogens with one attached hydrogen (secondary N) is 1. The fourth-order valence-electron chi connectivity index (χ4n) is 2.37. The summed E-state index contributed by atoms with van der Waals surface area (Å²) in [4.78, 5) is 12.5. The third kappa shape index (κ3) is 3.44. The molecular formula is C18H16IN3O. The molecule has 0 radical (unpaired) electrons. The fraction of sp³-hybridized carbons (Fsp3) is 0.111. The highest BCUT2D eigenvalue weighted by atomic mass is 127. The van der Waals surface area contributed by atoms with Crippen LogP contribution in [0.15, 0.2) is 54.6 Å². The monoisotopic (exact) mass is 417 g/mol. The zero-order valence-electron chi connectivity index (χ0n) is 12.9. The first kappa shape index (κ1) is 15.7. The minimum atomic E-state index is -0.202. The van der Waals surface area contributed by atoms with Crippen LogP contribution in [0.2, 0.25) is 0 Å². The standard InChI is InChI=1S/C18H16IN3O/c1-12-10-14(19)8-9-16(12)20-18(23)17-11-13(2)22(21-17)15-6-4-3-5-7-15/h3-11H,1-2H3,(H,20,23). The highest BCUT2D eigenvalue weighted by Crippen LogP contribution is 2.19. The Labute approximate surface area is 148 Å². The van der Waals surface area contributed by atoms with E-state index in [4.69, 9.17) is 0 Å². The number of aromatic nitrogens is 2. The number of halogens is 1. The predicted octanol–water partition coefficient (Wildman–Crippen LogP) is 4.35. The molecule has 4 nitrogen and oxygen atoms in total. The number of carbonyl (C=O) groups excluding carboxylic acids is 1. The lowest BCUT2D eigenvalue weighted by Gasteiger charge is -2.07. The third-order valence-electron chi connectivity index (χ3n) is 3.56.